The molecule has 0 fully saturated rings. The van der Waals surface area contributed by atoms with Gasteiger partial charge in [0.1, 0.15) is 0 Å². The second-order valence-corrected chi connectivity index (χ2v) is 6.65. The highest BCUT2D eigenvalue weighted by Crippen LogP contribution is 2.34. The van der Waals surface area contributed by atoms with E-state index in [0.29, 0.717) is 17.7 Å². The van der Waals surface area contributed by atoms with Crippen molar-refractivity contribution in [2.24, 2.45) is 5.10 Å². The van der Waals surface area contributed by atoms with Crippen molar-refractivity contribution in [3.05, 3.63) is 104 Å². The van der Waals surface area contributed by atoms with Crippen LogP contribution in [0.3, 0.4) is 0 Å². The Labute approximate surface area is 169 Å². The standard InChI is InChI=1S/C20H15N5O5/c26-20(14-5-9-16(10-6-14)25(29)30)23-19(12-18(22-23)17-2-1-11-21-17)13-3-7-15(8-4-13)24(27)28/h1-11,19,21H,12H2. The van der Waals surface area contributed by atoms with E-state index in [1.165, 1.54) is 41.4 Å². The lowest BCUT2D eigenvalue weighted by atomic mass is 10.00. The van der Waals surface area contributed by atoms with Crippen LogP contribution >= 0.6 is 0 Å². The number of benzene rings is 2. The van der Waals surface area contributed by atoms with Crippen LogP contribution in [-0.2, 0) is 0 Å². The molecule has 1 unspecified atom stereocenters. The lowest BCUT2D eigenvalue weighted by molar-refractivity contribution is -0.385. The van der Waals surface area contributed by atoms with Crippen LogP contribution in [0, 0.1) is 20.2 Å². The Bertz CT molecular complexity index is 1140. The molecule has 2 heterocycles. The number of H-pyrrole nitrogens is 1. The smallest absolute Gasteiger partial charge is 0.274 e. The number of nitro groups is 2. The summed E-state index contributed by atoms with van der Waals surface area (Å²) in [5, 5.41) is 27.6. The molecule has 0 saturated carbocycles. The number of hydrogen-bond donors (Lipinski definition) is 1. The van der Waals surface area contributed by atoms with E-state index in [9.17, 15) is 25.0 Å². The molecule has 10 heteroatoms. The minimum absolute atomic E-state index is 0.0458. The Balaban J connectivity index is 1.69. The van der Waals surface area contributed by atoms with Gasteiger partial charge in [-0.1, -0.05) is 12.1 Å². The van der Waals surface area contributed by atoms with Crippen molar-refractivity contribution in [1.82, 2.24) is 9.99 Å². The molecule has 0 saturated heterocycles. The van der Waals surface area contributed by atoms with Gasteiger partial charge in [-0.05, 0) is 29.8 Å². The van der Waals surface area contributed by atoms with Gasteiger partial charge in [-0.15, -0.1) is 0 Å². The highest BCUT2D eigenvalue weighted by molar-refractivity contribution is 6.04. The number of amides is 1. The average molecular weight is 405 g/mol. The van der Waals surface area contributed by atoms with Crippen LogP contribution in [0.25, 0.3) is 0 Å². The first-order chi connectivity index (χ1) is 14.4. The van der Waals surface area contributed by atoms with Crippen molar-refractivity contribution in [3.8, 4) is 0 Å². The van der Waals surface area contributed by atoms with Gasteiger partial charge >= 0.3 is 0 Å². The first-order valence-corrected chi connectivity index (χ1v) is 8.97. The minimum atomic E-state index is -0.536. The summed E-state index contributed by atoms with van der Waals surface area (Å²) < 4.78 is 0. The second kappa shape index (κ2) is 7.59. The number of nitrogens with one attached hydrogen (secondary N) is 1. The SMILES string of the molecule is O=C(c1ccc([N+](=O)[O-])cc1)N1N=C(c2ccc[nH]2)CC1c1ccc([N+](=O)[O-])cc1. The zero-order chi connectivity index (χ0) is 21.3. The summed E-state index contributed by atoms with van der Waals surface area (Å²) in [5.41, 5.74) is 2.22. The topological polar surface area (TPSA) is 135 Å². The monoisotopic (exact) mass is 405 g/mol. The van der Waals surface area contributed by atoms with Crippen molar-refractivity contribution in [2.45, 2.75) is 12.5 Å². The largest absolute Gasteiger partial charge is 0.360 e. The number of hydrogen-bond acceptors (Lipinski definition) is 6. The number of rotatable bonds is 5. The number of carbonyl (C=O) groups excluding carboxylic acids is 1. The third kappa shape index (κ3) is 3.53. The molecule has 150 valence electrons. The summed E-state index contributed by atoms with van der Waals surface area (Å²) in [5.74, 6) is -0.421. The van der Waals surface area contributed by atoms with E-state index >= 15 is 0 Å². The van der Waals surface area contributed by atoms with Gasteiger partial charge in [0.2, 0.25) is 0 Å². The second-order valence-electron chi connectivity index (χ2n) is 6.65. The molecular weight excluding hydrogens is 390 g/mol. The first kappa shape index (κ1) is 19.0. The predicted octanol–water partition coefficient (Wildman–Crippen LogP) is 3.82. The number of nitrogens with zero attached hydrogens (tertiary/aromatic N) is 4. The molecule has 0 spiro atoms. The fraction of sp³-hybridized carbons (Fsp3) is 0.100. The number of aromatic nitrogens is 1. The van der Waals surface area contributed by atoms with Crippen molar-refractivity contribution in [3.63, 3.8) is 0 Å². The normalized spacial score (nSPS) is 15.7. The number of non-ortho nitro benzene ring substituents is 2. The third-order valence-corrected chi connectivity index (χ3v) is 4.84. The van der Waals surface area contributed by atoms with Gasteiger partial charge in [0.05, 0.1) is 27.3 Å². The molecule has 1 amide bonds. The third-order valence-electron chi connectivity index (χ3n) is 4.84. The van der Waals surface area contributed by atoms with E-state index in [2.05, 4.69) is 10.1 Å². The van der Waals surface area contributed by atoms with Crippen LogP contribution in [-0.4, -0.2) is 31.5 Å². The summed E-state index contributed by atoms with van der Waals surface area (Å²) in [6.45, 7) is 0. The minimum Gasteiger partial charge on any atom is -0.360 e. The highest BCUT2D eigenvalue weighted by Gasteiger charge is 2.34. The van der Waals surface area contributed by atoms with E-state index in [1.54, 1.807) is 18.3 Å². The number of aromatic amines is 1. The number of nitro benzene ring substituents is 2. The maximum atomic E-state index is 13.1. The number of hydrazone groups is 1. The summed E-state index contributed by atoms with van der Waals surface area (Å²) in [4.78, 5) is 37.0. The van der Waals surface area contributed by atoms with Gasteiger partial charge in [-0.3, -0.25) is 25.0 Å². The molecule has 0 radical (unpaired) electrons. The maximum Gasteiger partial charge on any atom is 0.274 e. The Morgan fingerprint density at radius 1 is 0.967 bits per heavy atom. The molecule has 1 aliphatic heterocycles. The van der Waals surface area contributed by atoms with Crippen molar-refractivity contribution >= 4 is 23.0 Å². The highest BCUT2D eigenvalue weighted by atomic mass is 16.6. The van der Waals surface area contributed by atoms with Crippen molar-refractivity contribution < 1.29 is 14.6 Å². The van der Waals surface area contributed by atoms with Gasteiger partial charge < -0.3 is 4.98 Å². The Morgan fingerprint density at radius 3 is 2.10 bits per heavy atom. The van der Waals surface area contributed by atoms with E-state index in [4.69, 9.17) is 0 Å². The quantitative estimate of drug-likeness (QED) is 0.508. The van der Waals surface area contributed by atoms with Crippen molar-refractivity contribution in [1.29, 1.82) is 0 Å². The van der Waals surface area contributed by atoms with Crippen LogP contribution in [0.15, 0.2) is 72.0 Å². The summed E-state index contributed by atoms with van der Waals surface area (Å²) in [6.07, 6.45) is 2.16. The van der Waals surface area contributed by atoms with E-state index < -0.39 is 21.8 Å². The molecule has 0 aliphatic carbocycles. The molecule has 4 rings (SSSR count). The Morgan fingerprint density at radius 2 is 1.57 bits per heavy atom. The molecule has 30 heavy (non-hydrogen) atoms. The zero-order valence-corrected chi connectivity index (χ0v) is 15.5. The van der Waals surface area contributed by atoms with Crippen LogP contribution in [0.2, 0.25) is 0 Å². The lowest BCUT2D eigenvalue weighted by Gasteiger charge is -2.22. The summed E-state index contributed by atoms with van der Waals surface area (Å²) in [7, 11) is 0. The number of carbonyl (C=O) groups is 1. The lowest BCUT2D eigenvalue weighted by Crippen LogP contribution is -2.27. The van der Waals surface area contributed by atoms with Gasteiger partial charge in [-0.25, -0.2) is 5.01 Å². The fourth-order valence-corrected chi connectivity index (χ4v) is 3.31. The zero-order valence-electron chi connectivity index (χ0n) is 15.5. The molecule has 1 aromatic heterocycles. The van der Waals surface area contributed by atoms with Gasteiger partial charge in [0.25, 0.3) is 17.3 Å². The van der Waals surface area contributed by atoms with E-state index in [-0.39, 0.29) is 16.9 Å². The summed E-state index contributed by atoms with van der Waals surface area (Å²) >= 11 is 0. The van der Waals surface area contributed by atoms with Crippen LogP contribution in [0.4, 0.5) is 11.4 Å². The summed E-state index contributed by atoms with van der Waals surface area (Å²) in [6, 6.07) is 14.5. The predicted molar refractivity (Wildman–Crippen MR) is 107 cm³/mol. The molecule has 2 aromatic carbocycles. The molecule has 1 N–H and O–H groups in total. The van der Waals surface area contributed by atoms with Crippen molar-refractivity contribution in [2.75, 3.05) is 0 Å². The Kier molecular flexibility index (Phi) is 4.80. The average Bonchev–Trinajstić information content (AvgIpc) is 3.43. The van der Waals surface area contributed by atoms with Crippen LogP contribution < -0.4 is 0 Å². The van der Waals surface area contributed by atoms with E-state index in [1.807, 2.05) is 12.1 Å². The van der Waals surface area contributed by atoms with Gasteiger partial charge in [0, 0.05) is 42.4 Å². The first-order valence-electron chi connectivity index (χ1n) is 8.97. The maximum absolute atomic E-state index is 13.1. The fourth-order valence-electron chi connectivity index (χ4n) is 3.31. The van der Waals surface area contributed by atoms with Gasteiger partial charge in [-0.2, -0.15) is 5.10 Å². The molecule has 3 aromatic rings. The van der Waals surface area contributed by atoms with E-state index in [0.717, 1.165) is 5.69 Å². The molecular formula is C20H15N5O5. The Hall–Kier alpha value is -4.34. The van der Waals surface area contributed by atoms with Crippen LogP contribution in [0.1, 0.15) is 34.1 Å². The van der Waals surface area contributed by atoms with Crippen LogP contribution in [0.5, 0.6) is 0 Å². The van der Waals surface area contributed by atoms with Gasteiger partial charge in [0.15, 0.2) is 0 Å². The molecule has 1 aliphatic rings. The molecule has 10 nitrogen and oxygen atoms in total. The molecule has 0 bridgehead atoms. The molecule has 1 atom stereocenters.